The number of carbonyl (C=O) groups is 1. The Labute approximate surface area is 103 Å². The molecule has 1 heterocycles. The fourth-order valence-corrected chi connectivity index (χ4v) is 1.83. The predicted octanol–water partition coefficient (Wildman–Crippen LogP) is 1.61. The number of amides is 1. The molecule has 0 spiro atoms. The van der Waals surface area contributed by atoms with E-state index in [1.54, 1.807) is 0 Å². The van der Waals surface area contributed by atoms with Crippen molar-refractivity contribution in [1.82, 2.24) is 10.3 Å². The molecular formula is C12H11ClN2O2. The molecule has 1 aromatic carbocycles. The molecule has 17 heavy (non-hydrogen) atoms. The fourth-order valence-electron chi connectivity index (χ4n) is 1.53. The minimum atomic E-state index is -0.331. The Morgan fingerprint density at radius 1 is 1.41 bits per heavy atom. The summed E-state index contributed by atoms with van der Waals surface area (Å²) in [5.74, 6) is -0.331. The van der Waals surface area contributed by atoms with E-state index in [1.165, 1.54) is 6.20 Å². The average Bonchev–Trinajstić information content (AvgIpc) is 2.37. The third-order valence-corrected chi connectivity index (χ3v) is 2.76. The Morgan fingerprint density at radius 2 is 2.18 bits per heavy atom. The first-order chi connectivity index (χ1) is 8.24. The summed E-state index contributed by atoms with van der Waals surface area (Å²) in [5.41, 5.74) is 1.06. The quantitative estimate of drug-likeness (QED) is 0.870. The molecule has 0 bridgehead atoms. The first-order valence-electron chi connectivity index (χ1n) is 5.16. The van der Waals surface area contributed by atoms with E-state index in [9.17, 15) is 4.79 Å². The maximum Gasteiger partial charge on any atom is 0.254 e. The number of nitrogens with one attached hydrogen (secondary N) is 1. The number of benzene rings is 1. The number of para-hydroxylation sites is 1. The number of carbonyl (C=O) groups excluding carboxylic acids is 1. The van der Waals surface area contributed by atoms with Crippen LogP contribution in [0.3, 0.4) is 0 Å². The van der Waals surface area contributed by atoms with E-state index >= 15 is 0 Å². The SMILES string of the molecule is O=C(NCCO)c1cnc2ccccc2c1Cl. The topological polar surface area (TPSA) is 62.2 Å². The molecule has 1 aromatic heterocycles. The zero-order valence-electron chi connectivity index (χ0n) is 8.98. The van der Waals surface area contributed by atoms with Crippen molar-refractivity contribution in [2.45, 2.75) is 0 Å². The van der Waals surface area contributed by atoms with Crippen molar-refractivity contribution < 1.29 is 9.90 Å². The summed E-state index contributed by atoms with van der Waals surface area (Å²) >= 11 is 6.15. The Morgan fingerprint density at radius 3 is 2.94 bits per heavy atom. The summed E-state index contributed by atoms with van der Waals surface area (Å²) in [7, 11) is 0. The summed E-state index contributed by atoms with van der Waals surface area (Å²) in [4.78, 5) is 15.9. The first kappa shape index (κ1) is 11.8. The molecule has 88 valence electrons. The second-order valence-corrected chi connectivity index (χ2v) is 3.86. The number of nitrogens with zero attached hydrogens (tertiary/aromatic N) is 1. The number of halogens is 1. The molecule has 0 aliphatic heterocycles. The van der Waals surface area contributed by atoms with Crippen LogP contribution in [0.1, 0.15) is 10.4 Å². The van der Waals surface area contributed by atoms with Gasteiger partial charge in [-0.25, -0.2) is 0 Å². The lowest BCUT2D eigenvalue weighted by Gasteiger charge is -2.07. The van der Waals surface area contributed by atoms with Gasteiger partial charge in [0.15, 0.2) is 0 Å². The number of aliphatic hydroxyl groups is 1. The van der Waals surface area contributed by atoms with Gasteiger partial charge in [-0.3, -0.25) is 9.78 Å². The van der Waals surface area contributed by atoms with Gasteiger partial charge in [-0.1, -0.05) is 29.8 Å². The Balaban J connectivity index is 2.42. The predicted molar refractivity (Wildman–Crippen MR) is 66.2 cm³/mol. The lowest BCUT2D eigenvalue weighted by atomic mass is 10.1. The van der Waals surface area contributed by atoms with Crippen molar-refractivity contribution >= 4 is 28.4 Å². The molecule has 1 amide bonds. The maximum atomic E-state index is 11.7. The molecule has 0 saturated carbocycles. The van der Waals surface area contributed by atoms with Crippen LogP contribution in [0.4, 0.5) is 0 Å². The van der Waals surface area contributed by atoms with Crippen LogP contribution in [-0.4, -0.2) is 29.1 Å². The van der Waals surface area contributed by atoms with Crippen LogP contribution in [0.2, 0.25) is 5.02 Å². The van der Waals surface area contributed by atoms with Gasteiger partial charge in [0, 0.05) is 18.1 Å². The number of pyridine rings is 1. The lowest BCUT2D eigenvalue weighted by Crippen LogP contribution is -2.26. The van der Waals surface area contributed by atoms with E-state index in [2.05, 4.69) is 10.3 Å². The molecule has 0 atom stereocenters. The molecule has 0 radical (unpaired) electrons. The van der Waals surface area contributed by atoms with Crippen LogP contribution >= 0.6 is 11.6 Å². The molecule has 0 aliphatic carbocycles. The third-order valence-electron chi connectivity index (χ3n) is 2.35. The third kappa shape index (κ3) is 2.38. The number of hydrogen-bond acceptors (Lipinski definition) is 3. The summed E-state index contributed by atoms with van der Waals surface area (Å²) in [6.45, 7) is 0.0896. The Bertz CT molecular complexity index is 557. The zero-order chi connectivity index (χ0) is 12.3. The van der Waals surface area contributed by atoms with Gasteiger partial charge >= 0.3 is 0 Å². The van der Waals surface area contributed by atoms with Crippen LogP contribution < -0.4 is 5.32 Å². The number of aliphatic hydroxyl groups excluding tert-OH is 1. The largest absolute Gasteiger partial charge is 0.395 e. The van der Waals surface area contributed by atoms with Crippen molar-refractivity contribution in [3.05, 3.63) is 41.0 Å². The van der Waals surface area contributed by atoms with Crippen molar-refractivity contribution in [1.29, 1.82) is 0 Å². The molecule has 2 rings (SSSR count). The molecule has 0 unspecified atom stereocenters. The molecule has 0 aliphatic rings. The van der Waals surface area contributed by atoms with Crippen LogP contribution in [0.25, 0.3) is 10.9 Å². The van der Waals surface area contributed by atoms with Gasteiger partial charge in [0.25, 0.3) is 5.91 Å². The fraction of sp³-hybridized carbons (Fsp3) is 0.167. The van der Waals surface area contributed by atoms with Gasteiger partial charge in [0.05, 0.1) is 22.7 Å². The van der Waals surface area contributed by atoms with Crippen LogP contribution in [-0.2, 0) is 0 Å². The summed E-state index contributed by atoms with van der Waals surface area (Å²) in [5, 5.41) is 12.3. The molecular weight excluding hydrogens is 240 g/mol. The van der Waals surface area contributed by atoms with Gasteiger partial charge in [-0.05, 0) is 6.07 Å². The molecule has 0 saturated heterocycles. The Hall–Kier alpha value is -1.65. The van der Waals surface area contributed by atoms with Gasteiger partial charge in [-0.2, -0.15) is 0 Å². The molecule has 4 nitrogen and oxygen atoms in total. The zero-order valence-corrected chi connectivity index (χ0v) is 9.74. The number of rotatable bonds is 3. The highest BCUT2D eigenvalue weighted by atomic mass is 35.5. The first-order valence-corrected chi connectivity index (χ1v) is 5.54. The van der Waals surface area contributed by atoms with Gasteiger partial charge in [0.2, 0.25) is 0 Å². The summed E-state index contributed by atoms with van der Waals surface area (Å²) in [6, 6.07) is 7.34. The monoisotopic (exact) mass is 250 g/mol. The number of hydrogen-bond donors (Lipinski definition) is 2. The second-order valence-electron chi connectivity index (χ2n) is 3.48. The molecule has 2 N–H and O–H groups in total. The van der Waals surface area contributed by atoms with Gasteiger partial charge < -0.3 is 10.4 Å². The van der Waals surface area contributed by atoms with E-state index in [0.717, 1.165) is 10.9 Å². The molecule has 0 fully saturated rings. The van der Waals surface area contributed by atoms with Gasteiger partial charge in [-0.15, -0.1) is 0 Å². The summed E-state index contributed by atoms with van der Waals surface area (Å²) in [6.07, 6.45) is 1.44. The van der Waals surface area contributed by atoms with Crippen molar-refractivity contribution in [2.75, 3.05) is 13.2 Å². The maximum absolute atomic E-state index is 11.7. The minimum Gasteiger partial charge on any atom is -0.395 e. The highest BCUT2D eigenvalue weighted by Crippen LogP contribution is 2.25. The van der Waals surface area contributed by atoms with Crippen molar-refractivity contribution in [3.8, 4) is 0 Å². The second kappa shape index (κ2) is 5.12. The average molecular weight is 251 g/mol. The highest BCUT2D eigenvalue weighted by molar-refractivity contribution is 6.38. The normalized spacial score (nSPS) is 10.5. The van der Waals surface area contributed by atoms with E-state index < -0.39 is 0 Å². The standard InChI is InChI=1S/C12H11ClN2O2/c13-11-8-3-1-2-4-10(8)15-7-9(11)12(17)14-5-6-16/h1-4,7,16H,5-6H2,(H,14,17). The minimum absolute atomic E-state index is 0.107. The van der Waals surface area contributed by atoms with Crippen LogP contribution in [0.15, 0.2) is 30.5 Å². The lowest BCUT2D eigenvalue weighted by molar-refractivity contribution is 0.0944. The number of fused-ring (bicyclic) bond motifs is 1. The van der Waals surface area contributed by atoms with Crippen LogP contribution in [0, 0.1) is 0 Å². The van der Waals surface area contributed by atoms with E-state index in [1.807, 2.05) is 24.3 Å². The van der Waals surface area contributed by atoms with Crippen LogP contribution in [0.5, 0.6) is 0 Å². The number of aromatic nitrogens is 1. The highest BCUT2D eigenvalue weighted by Gasteiger charge is 2.12. The van der Waals surface area contributed by atoms with E-state index in [0.29, 0.717) is 10.6 Å². The Kier molecular flexibility index (Phi) is 3.56. The van der Waals surface area contributed by atoms with Gasteiger partial charge in [0.1, 0.15) is 0 Å². The molecule has 5 heteroatoms. The summed E-state index contributed by atoms with van der Waals surface area (Å²) < 4.78 is 0. The van der Waals surface area contributed by atoms with Crippen molar-refractivity contribution in [3.63, 3.8) is 0 Å². The smallest absolute Gasteiger partial charge is 0.254 e. The van der Waals surface area contributed by atoms with E-state index in [-0.39, 0.29) is 19.1 Å². The van der Waals surface area contributed by atoms with Crippen molar-refractivity contribution in [2.24, 2.45) is 0 Å². The molecule has 2 aromatic rings. The van der Waals surface area contributed by atoms with E-state index in [4.69, 9.17) is 16.7 Å².